The summed E-state index contributed by atoms with van der Waals surface area (Å²) in [7, 11) is 0. The summed E-state index contributed by atoms with van der Waals surface area (Å²) in [4.78, 5) is 20.5. The van der Waals surface area contributed by atoms with E-state index in [1.165, 1.54) is 16.8 Å². The second-order valence-electron chi connectivity index (χ2n) is 8.52. The van der Waals surface area contributed by atoms with E-state index < -0.39 is 0 Å². The van der Waals surface area contributed by atoms with Gasteiger partial charge in [-0.1, -0.05) is 12.1 Å². The molecule has 0 radical (unpaired) electrons. The van der Waals surface area contributed by atoms with Gasteiger partial charge in [-0.25, -0.2) is 4.98 Å². The molecule has 0 saturated carbocycles. The second kappa shape index (κ2) is 5.86. The lowest BCUT2D eigenvalue weighted by molar-refractivity contribution is 0.613. The smallest absolute Gasteiger partial charge is 0.278 e. The van der Waals surface area contributed by atoms with E-state index in [1.807, 2.05) is 24.3 Å². The molecule has 5 aromatic rings. The number of pyridine rings is 1. The Morgan fingerprint density at radius 1 is 1.06 bits per heavy atom. The average molecular weight is 406 g/mol. The summed E-state index contributed by atoms with van der Waals surface area (Å²) in [5.41, 5.74) is 6.66. The van der Waals surface area contributed by atoms with Crippen LogP contribution in [0.3, 0.4) is 0 Å². The summed E-state index contributed by atoms with van der Waals surface area (Å²) in [6.45, 7) is 2.16. The predicted octanol–water partition coefficient (Wildman–Crippen LogP) is 4.32. The first-order valence-electron chi connectivity index (χ1n) is 10.7. The maximum Gasteiger partial charge on any atom is 0.278 e. The lowest BCUT2D eigenvalue weighted by Crippen LogP contribution is -2.34. The summed E-state index contributed by atoms with van der Waals surface area (Å²) >= 11 is 0. The minimum atomic E-state index is -0.380. The third-order valence-electron chi connectivity index (χ3n) is 6.81. The molecule has 0 unspecified atom stereocenters. The largest absolute Gasteiger partial charge is 0.454 e. The first-order valence-corrected chi connectivity index (χ1v) is 10.7. The molecule has 0 spiro atoms. The van der Waals surface area contributed by atoms with Gasteiger partial charge in [0.25, 0.3) is 5.56 Å². The summed E-state index contributed by atoms with van der Waals surface area (Å²) in [5.74, 6) is 0. The Balaban J connectivity index is 1.70. The Hall–Kier alpha value is -3.85. The van der Waals surface area contributed by atoms with Crippen LogP contribution in [0.15, 0.2) is 45.6 Å². The van der Waals surface area contributed by atoms with Crippen molar-refractivity contribution < 1.29 is 4.42 Å². The topological polar surface area (TPSA) is 74.5 Å². The molecule has 0 saturated heterocycles. The molecular formula is C25H18N4O2. The number of hydrogen-bond donors (Lipinski definition) is 0. The van der Waals surface area contributed by atoms with Gasteiger partial charge in [-0.15, -0.1) is 0 Å². The van der Waals surface area contributed by atoms with Crippen LogP contribution in [0, 0.1) is 11.3 Å². The fourth-order valence-corrected chi connectivity index (χ4v) is 5.53. The normalized spacial score (nSPS) is 15.6. The Kier molecular flexibility index (Phi) is 3.19. The Morgan fingerprint density at radius 2 is 1.90 bits per heavy atom. The van der Waals surface area contributed by atoms with E-state index in [1.54, 1.807) is 4.40 Å². The summed E-state index contributed by atoms with van der Waals surface area (Å²) < 4.78 is 7.96. The molecule has 0 atom stereocenters. The van der Waals surface area contributed by atoms with Gasteiger partial charge in [0, 0.05) is 29.7 Å². The van der Waals surface area contributed by atoms with Gasteiger partial charge < -0.3 is 9.32 Å². The highest BCUT2D eigenvalue weighted by molar-refractivity contribution is 6.04. The minimum Gasteiger partial charge on any atom is -0.454 e. The van der Waals surface area contributed by atoms with Crippen LogP contribution in [-0.2, 0) is 12.8 Å². The lowest BCUT2D eigenvalue weighted by atomic mass is 9.90. The first kappa shape index (κ1) is 16.9. The molecule has 0 bridgehead atoms. The molecule has 0 N–H and O–H groups in total. The fraction of sp³-hybridized carbons (Fsp3) is 0.240. The number of imidazole rings is 1. The molecule has 0 aliphatic carbocycles. The molecule has 2 aliphatic heterocycles. The van der Waals surface area contributed by atoms with Gasteiger partial charge in [0.2, 0.25) is 0 Å². The van der Waals surface area contributed by atoms with Crippen LogP contribution >= 0.6 is 0 Å². The van der Waals surface area contributed by atoms with Crippen LogP contribution in [-0.4, -0.2) is 22.5 Å². The average Bonchev–Trinajstić information content (AvgIpc) is 3.19. The van der Waals surface area contributed by atoms with E-state index in [-0.39, 0.29) is 11.1 Å². The van der Waals surface area contributed by atoms with Gasteiger partial charge in [0.05, 0.1) is 16.4 Å². The lowest BCUT2D eigenvalue weighted by Gasteiger charge is -2.37. The van der Waals surface area contributed by atoms with Gasteiger partial charge >= 0.3 is 0 Å². The van der Waals surface area contributed by atoms with Crippen molar-refractivity contribution in [3.05, 3.63) is 63.4 Å². The number of nitriles is 1. The van der Waals surface area contributed by atoms with Crippen molar-refractivity contribution in [2.24, 2.45) is 0 Å². The standard InChI is InChI=1S/C25H18N4O2/c26-13-18-23-17(24-27-19-7-1-2-8-20(19)29(24)25(18)30)12-15-11-14-5-3-9-28-10-4-6-16(21(14)28)22(15)31-23/h1-2,7-8,11-12H,3-6,9-10H2. The van der Waals surface area contributed by atoms with E-state index >= 15 is 0 Å². The zero-order valence-electron chi connectivity index (χ0n) is 16.8. The summed E-state index contributed by atoms with van der Waals surface area (Å²) in [5, 5.41) is 11.6. The Bertz CT molecular complexity index is 1680. The summed E-state index contributed by atoms with van der Waals surface area (Å²) in [6.07, 6.45) is 4.27. The number of hydrogen-bond acceptors (Lipinski definition) is 5. The van der Waals surface area contributed by atoms with Crippen molar-refractivity contribution in [3.63, 3.8) is 0 Å². The van der Waals surface area contributed by atoms with E-state index in [4.69, 9.17) is 9.40 Å². The predicted molar refractivity (Wildman–Crippen MR) is 120 cm³/mol. The van der Waals surface area contributed by atoms with Gasteiger partial charge in [-0.2, -0.15) is 5.26 Å². The van der Waals surface area contributed by atoms with E-state index in [2.05, 4.69) is 23.1 Å². The van der Waals surface area contributed by atoms with Crippen molar-refractivity contribution in [3.8, 4) is 6.07 Å². The van der Waals surface area contributed by atoms with Crippen LogP contribution in [0.1, 0.15) is 29.5 Å². The van der Waals surface area contributed by atoms with Crippen LogP contribution in [0.5, 0.6) is 0 Å². The highest BCUT2D eigenvalue weighted by atomic mass is 16.3. The van der Waals surface area contributed by atoms with E-state index in [0.29, 0.717) is 22.1 Å². The molecule has 0 fully saturated rings. The number of nitrogens with zero attached hydrogens (tertiary/aromatic N) is 4. The third-order valence-corrected chi connectivity index (χ3v) is 6.81. The third kappa shape index (κ3) is 2.10. The second-order valence-corrected chi connectivity index (χ2v) is 8.52. The molecule has 7 rings (SSSR count). The maximum absolute atomic E-state index is 13.3. The summed E-state index contributed by atoms with van der Waals surface area (Å²) in [6, 6.07) is 13.9. The highest BCUT2D eigenvalue weighted by Crippen LogP contribution is 2.41. The molecule has 5 heterocycles. The highest BCUT2D eigenvalue weighted by Gasteiger charge is 2.28. The number of anilines is 1. The molecule has 6 nitrogen and oxygen atoms in total. The zero-order chi connectivity index (χ0) is 20.7. The number of benzene rings is 2. The van der Waals surface area contributed by atoms with Crippen molar-refractivity contribution in [1.82, 2.24) is 9.38 Å². The first-order chi connectivity index (χ1) is 15.2. The Morgan fingerprint density at radius 3 is 2.77 bits per heavy atom. The van der Waals surface area contributed by atoms with Gasteiger partial charge in [0.15, 0.2) is 16.8 Å². The molecule has 2 aromatic carbocycles. The number of aryl methyl sites for hydroxylation is 2. The molecule has 31 heavy (non-hydrogen) atoms. The van der Waals surface area contributed by atoms with Gasteiger partial charge in [-0.05, 0) is 55.5 Å². The van der Waals surface area contributed by atoms with Crippen LogP contribution in [0.25, 0.3) is 38.6 Å². The molecule has 3 aromatic heterocycles. The number of para-hydroxylation sites is 2. The van der Waals surface area contributed by atoms with Gasteiger partial charge in [0.1, 0.15) is 11.7 Å². The van der Waals surface area contributed by atoms with Crippen LogP contribution in [0.2, 0.25) is 0 Å². The molecule has 150 valence electrons. The quantitative estimate of drug-likeness (QED) is 0.358. The maximum atomic E-state index is 13.3. The monoisotopic (exact) mass is 406 g/mol. The number of fused-ring (bicyclic) bond motifs is 7. The number of aromatic nitrogens is 2. The van der Waals surface area contributed by atoms with Crippen molar-refractivity contribution in [1.29, 1.82) is 5.26 Å². The molecule has 6 heteroatoms. The van der Waals surface area contributed by atoms with E-state index in [0.717, 1.165) is 55.3 Å². The number of rotatable bonds is 0. The van der Waals surface area contributed by atoms with Crippen LogP contribution in [0.4, 0.5) is 5.69 Å². The molecule has 2 aliphatic rings. The Labute approximate surface area is 176 Å². The van der Waals surface area contributed by atoms with Crippen LogP contribution < -0.4 is 10.5 Å². The zero-order valence-corrected chi connectivity index (χ0v) is 16.8. The van der Waals surface area contributed by atoms with E-state index in [9.17, 15) is 10.1 Å². The van der Waals surface area contributed by atoms with Crippen molar-refractivity contribution in [2.75, 3.05) is 18.0 Å². The van der Waals surface area contributed by atoms with Crippen molar-refractivity contribution >= 4 is 44.3 Å². The fourth-order valence-electron chi connectivity index (χ4n) is 5.53. The minimum absolute atomic E-state index is 0.0325. The molecule has 0 amide bonds. The van der Waals surface area contributed by atoms with Gasteiger partial charge in [-0.3, -0.25) is 9.20 Å². The SMILES string of the molecule is N#Cc1c(=O)n2c3ccccc3nc2c2cc3cc4c5c(c3oc12)CCCN5CCC4. The molecular weight excluding hydrogens is 388 g/mol. The van der Waals surface area contributed by atoms with Crippen molar-refractivity contribution in [2.45, 2.75) is 25.7 Å².